The molecule has 8 heteroatoms. The van der Waals surface area contributed by atoms with Crippen molar-refractivity contribution in [1.29, 1.82) is 0 Å². The third-order valence-corrected chi connectivity index (χ3v) is 5.88. The number of para-hydroxylation sites is 1. The van der Waals surface area contributed by atoms with Crippen molar-refractivity contribution in [3.63, 3.8) is 0 Å². The lowest BCUT2D eigenvalue weighted by Gasteiger charge is -2.34. The van der Waals surface area contributed by atoms with Gasteiger partial charge >= 0.3 is 5.69 Å². The molecule has 0 radical (unpaired) electrons. The molecule has 0 atom stereocenters. The molecule has 8 nitrogen and oxygen atoms in total. The molecular formula is C23H26N4O4. The molecule has 1 amide bonds. The van der Waals surface area contributed by atoms with E-state index in [1.807, 2.05) is 41.3 Å². The number of anilines is 1. The van der Waals surface area contributed by atoms with E-state index in [-0.39, 0.29) is 23.1 Å². The highest BCUT2D eigenvalue weighted by molar-refractivity contribution is 5.79. The Balaban J connectivity index is 1.53. The van der Waals surface area contributed by atoms with Gasteiger partial charge in [0.2, 0.25) is 5.91 Å². The molecule has 1 aromatic carbocycles. The van der Waals surface area contributed by atoms with Crippen LogP contribution in [0.25, 0.3) is 5.69 Å². The molecule has 4 rings (SSSR count). The van der Waals surface area contributed by atoms with Crippen LogP contribution in [0.4, 0.5) is 5.69 Å². The minimum absolute atomic E-state index is 0.00469. The molecule has 1 saturated heterocycles. The van der Waals surface area contributed by atoms with E-state index in [4.69, 9.17) is 4.42 Å². The van der Waals surface area contributed by atoms with Crippen LogP contribution in [0, 0.1) is 12.8 Å². The van der Waals surface area contributed by atoms with Crippen molar-refractivity contribution in [2.75, 3.05) is 18.0 Å². The van der Waals surface area contributed by atoms with E-state index >= 15 is 0 Å². The number of benzene rings is 1. The molecule has 0 aliphatic carbocycles. The molecule has 0 spiro atoms. The molecule has 1 N–H and O–H groups in total. The Morgan fingerprint density at radius 2 is 1.81 bits per heavy atom. The van der Waals surface area contributed by atoms with Crippen molar-refractivity contribution in [2.45, 2.75) is 26.3 Å². The number of amides is 1. The summed E-state index contributed by atoms with van der Waals surface area (Å²) in [6, 6.07) is 12.9. The van der Waals surface area contributed by atoms with E-state index in [9.17, 15) is 14.4 Å². The Morgan fingerprint density at radius 3 is 2.45 bits per heavy atom. The zero-order valence-electron chi connectivity index (χ0n) is 17.7. The van der Waals surface area contributed by atoms with E-state index in [1.54, 1.807) is 23.8 Å². The first-order valence-corrected chi connectivity index (χ1v) is 10.4. The second-order valence-corrected chi connectivity index (χ2v) is 7.81. The zero-order chi connectivity index (χ0) is 22.0. The maximum absolute atomic E-state index is 13.0. The number of carbonyl (C=O) groups is 1. The standard InChI is InChI=1S/C23H26N4O4/c1-16-20(22(29)25(2)23(30)27(16)18-7-4-3-5-8-18)26-12-10-17(11-13-26)21(28)24-15-19-9-6-14-31-19/h3-9,14,17H,10-13,15H2,1-2H3,(H,24,28). The number of nitrogens with zero attached hydrogens (tertiary/aromatic N) is 3. The first kappa shape index (κ1) is 20.7. The van der Waals surface area contributed by atoms with Gasteiger partial charge in [0.1, 0.15) is 11.4 Å². The van der Waals surface area contributed by atoms with Gasteiger partial charge in [-0.05, 0) is 44.0 Å². The topological polar surface area (TPSA) is 89.5 Å². The van der Waals surface area contributed by atoms with Gasteiger partial charge in [0, 0.05) is 26.1 Å². The molecule has 31 heavy (non-hydrogen) atoms. The van der Waals surface area contributed by atoms with Crippen LogP contribution < -0.4 is 21.5 Å². The van der Waals surface area contributed by atoms with Gasteiger partial charge in [0.25, 0.3) is 5.56 Å². The normalized spacial score (nSPS) is 14.6. The monoisotopic (exact) mass is 422 g/mol. The summed E-state index contributed by atoms with van der Waals surface area (Å²) in [5, 5.41) is 2.92. The highest BCUT2D eigenvalue weighted by Gasteiger charge is 2.28. The lowest BCUT2D eigenvalue weighted by molar-refractivity contribution is -0.125. The van der Waals surface area contributed by atoms with Crippen LogP contribution in [0.2, 0.25) is 0 Å². The van der Waals surface area contributed by atoms with Crippen LogP contribution in [-0.4, -0.2) is 28.1 Å². The van der Waals surface area contributed by atoms with Crippen molar-refractivity contribution >= 4 is 11.6 Å². The molecule has 2 aromatic heterocycles. The average molecular weight is 422 g/mol. The first-order valence-electron chi connectivity index (χ1n) is 10.4. The largest absolute Gasteiger partial charge is 0.467 e. The lowest BCUT2D eigenvalue weighted by atomic mass is 9.95. The fourth-order valence-corrected chi connectivity index (χ4v) is 4.14. The van der Waals surface area contributed by atoms with E-state index in [0.29, 0.717) is 55.3 Å². The summed E-state index contributed by atoms with van der Waals surface area (Å²) in [5.74, 6) is 0.596. The van der Waals surface area contributed by atoms with Crippen molar-refractivity contribution in [3.05, 3.63) is 81.0 Å². The maximum atomic E-state index is 13.0. The van der Waals surface area contributed by atoms with Gasteiger partial charge < -0.3 is 14.6 Å². The van der Waals surface area contributed by atoms with Crippen LogP contribution in [0.15, 0.2) is 62.7 Å². The van der Waals surface area contributed by atoms with Gasteiger partial charge in [0.15, 0.2) is 0 Å². The predicted molar refractivity (Wildman–Crippen MR) is 118 cm³/mol. The third kappa shape index (κ3) is 4.05. The second kappa shape index (κ2) is 8.67. The van der Waals surface area contributed by atoms with Gasteiger partial charge in [-0.15, -0.1) is 0 Å². The Hall–Kier alpha value is -3.55. The second-order valence-electron chi connectivity index (χ2n) is 7.81. The maximum Gasteiger partial charge on any atom is 0.335 e. The quantitative estimate of drug-likeness (QED) is 0.679. The smallest absolute Gasteiger partial charge is 0.335 e. The summed E-state index contributed by atoms with van der Waals surface area (Å²) in [5.41, 5.74) is 1.16. The van der Waals surface area contributed by atoms with E-state index in [2.05, 4.69) is 5.32 Å². The molecule has 1 aliphatic rings. The van der Waals surface area contributed by atoms with Crippen LogP contribution in [0.5, 0.6) is 0 Å². The Bertz CT molecular complexity index is 1170. The van der Waals surface area contributed by atoms with Crippen molar-refractivity contribution in [1.82, 2.24) is 14.5 Å². The highest BCUT2D eigenvalue weighted by Crippen LogP contribution is 2.24. The lowest BCUT2D eigenvalue weighted by Crippen LogP contribution is -2.46. The van der Waals surface area contributed by atoms with E-state index in [0.717, 1.165) is 4.57 Å². The van der Waals surface area contributed by atoms with Crippen molar-refractivity contribution < 1.29 is 9.21 Å². The minimum Gasteiger partial charge on any atom is -0.467 e. The Morgan fingerprint density at radius 1 is 1.10 bits per heavy atom. The summed E-state index contributed by atoms with van der Waals surface area (Å²) in [6.07, 6.45) is 2.85. The first-order chi connectivity index (χ1) is 15.0. The number of hydrogen-bond acceptors (Lipinski definition) is 5. The van der Waals surface area contributed by atoms with E-state index < -0.39 is 0 Å². The van der Waals surface area contributed by atoms with Crippen molar-refractivity contribution in [3.8, 4) is 5.69 Å². The number of nitrogens with one attached hydrogen (secondary N) is 1. The van der Waals surface area contributed by atoms with Gasteiger partial charge in [-0.3, -0.25) is 18.7 Å². The fraction of sp³-hybridized carbons (Fsp3) is 0.348. The molecule has 162 valence electrons. The molecule has 0 unspecified atom stereocenters. The molecule has 0 saturated carbocycles. The molecule has 3 heterocycles. The summed E-state index contributed by atoms with van der Waals surface area (Å²) in [7, 11) is 1.50. The zero-order valence-corrected chi connectivity index (χ0v) is 17.7. The molecule has 1 aliphatic heterocycles. The number of aromatic nitrogens is 2. The van der Waals surface area contributed by atoms with Crippen molar-refractivity contribution in [2.24, 2.45) is 13.0 Å². The Labute approximate surface area is 179 Å². The molecule has 1 fully saturated rings. The van der Waals surface area contributed by atoms with Gasteiger partial charge in [-0.1, -0.05) is 18.2 Å². The van der Waals surface area contributed by atoms with Gasteiger partial charge in [-0.25, -0.2) is 4.79 Å². The SMILES string of the molecule is Cc1c(N2CCC(C(=O)NCc3ccco3)CC2)c(=O)n(C)c(=O)n1-c1ccccc1. The molecule has 3 aromatic rings. The molecule has 0 bridgehead atoms. The van der Waals surface area contributed by atoms with Crippen LogP contribution in [0.1, 0.15) is 24.3 Å². The summed E-state index contributed by atoms with van der Waals surface area (Å²) in [4.78, 5) is 40.3. The Kier molecular flexibility index (Phi) is 5.79. The van der Waals surface area contributed by atoms with Gasteiger partial charge in [-0.2, -0.15) is 0 Å². The highest BCUT2D eigenvalue weighted by atomic mass is 16.3. The number of furan rings is 1. The summed E-state index contributed by atoms with van der Waals surface area (Å²) >= 11 is 0. The number of hydrogen-bond donors (Lipinski definition) is 1. The summed E-state index contributed by atoms with van der Waals surface area (Å²) < 4.78 is 7.97. The average Bonchev–Trinajstić information content (AvgIpc) is 3.31. The van der Waals surface area contributed by atoms with Crippen LogP contribution in [-0.2, 0) is 18.4 Å². The van der Waals surface area contributed by atoms with Crippen LogP contribution in [0.3, 0.4) is 0 Å². The number of rotatable bonds is 5. The molecular weight excluding hydrogens is 396 g/mol. The van der Waals surface area contributed by atoms with Gasteiger partial charge in [0.05, 0.1) is 24.2 Å². The van der Waals surface area contributed by atoms with Crippen LogP contribution >= 0.6 is 0 Å². The fourth-order valence-electron chi connectivity index (χ4n) is 4.14. The summed E-state index contributed by atoms with van der Waals surface area (Å²) in [6.45, 7) is 3.31. The number of carbonyl (C=O) groups excluding carboxylic acids is 1. The van der Waals surface area contributed by atoms with E-state index in [1.165, 1.54) is 7.05 Å². The third-order valence-electron chi connectivity index (χ3n) is 5.88. The number of piperidine rings is 1. The minimum atomic E-state index is -0.371. The predicted octanol–water partition coefficient (Wildman–Crippen LogP) is 1.97.